The van der Waals surface area contributed by atoms with Crippen molar-refractivity contribution in [1.29, 1.82) is 0 Å². The minimum Gasteiger partial charge on any atom is -0.144 e. The Bertz CT molecular complexity index is 883. The molecule has 5 heteroatoms. The summed E-state index contributed by atoms with van der Waals surface area (Å²) in [6.07, 6.45) is 4.87. The van der Waals surface area contributed by atoms with Crippen molar-refractivity contribution >= 4 is 74.8 Å². The van der Waals surface area contributed by atoms with Gasteiger partial charge in [-0.15, -0.1) is 22.7 Å². The molecule has 2 aliphatic rings. The highest BCUT2D eigenvalue weighted by Crippen LogP contribution is 2.57. The zero-order valence-electron chi connectivity index (χ0n) is 15.4. The van der Waals surface area contributed by atoms with Gasteiger partial charge in [-0.05, 0) is 59.6 Å². The van der Waals surface area contributed by atoms with Gasteiger partial charge in [-0.25, -0.2) is 0 Å². The van der Waals surface area contributed by atoms with Gasteiger partial charge in [0.05, 0.1) is 8.07 Å². The molecular formula is C20H22Br2S2Si. The van der Waals surface area contributed by atoms with Crippen molar-refractivity contribution in [2.24, 2.45) is 0 Å². The van der Waals surface area contributed by atoms with Crippen LogP contribution in [-0.4, -0.2) is 8.07 Å². The Morgan fingerprint density at radius 2 is 1.12 bits per heavy atom. The zero-order chi connectivity index (χ0) is 18.3. The molecule has 0 aliphatic heterocycles. The summed E-state index contributed by atoms with van der Waals surface area (Å²) in [5.74, 6) is 0. The topological polar surface area (TPSA) is 0 Å². The largest absolute Gasteiger partial charge is 0.144 e. The Labute approximate surface area is 176 Å². The van der Waals surface area contributed by atoms with Crippen LogP contribution < -0.4 is 0 Å². The predicted molar refractivity (Wildman–Crippen MR) is 124 cm³/mol. The SMILES string of the molecule is CC1=Cc2c(sc(C)c2Br)C1[Si](C)(C)C1C(C)=Cc2c1sc(C)c2Br. The average Bonchev–Trinajstić information content (AvgIpc) is 3.17. The molecule has 4 rings (SSSR count). The number of aryl methyl sites for hydroxylation is 2. The summed E-state index contributed by atoms with van der Waals surface area (Å²) in [6.45, 7) is 14.4. The van der Waals surface area contributed by atoms with Gasteiger partial charge in [0.2, 0.25) is 0 Å². The van der Waals surface area contributed by atoms with Gasteiger partial charge in [-0.1, -0.05) is 36.4 Å². The third kappa shape index (κ3) is 2.53. The molecule has 0 bridgehead atoms. The average molecular weight is 514 g/mol. The molecule has 2 aromatic heterocycles. The number of thiophene rings is 2. The molecule has 2 unspecified atom stereocenters. The lowest BCUT2D eigenvalue weighted by molar-refractivity contribution is 0.994. The normalized spacial score (nSPS) is 22.1. The Hall–Kier alpha value is 0.0569. The van der Waals surface area contributed by atoms with Crippen LogP contribution in [0.15, 0.2) is 20.1 Å². The van der Waals surface area contributed by atoms with Gasteiger partial charge in [0.25, 0.3) is 0 Å². The smallest absolute Gasteiger partial charge is 0.0743 e. The van der Waals surface area contributed by atoms with Crippen LogP contribution in [0, 0.1) is 13.8 Å². The molecule has 0 radical (unpaired) electrons. The number of fused-ring (bicyclic) bond motifs is 2. The summed E-state index contributed by atoms with van der Waals surface area (Å²) < 4.78 is 2.63. The maximum absolute atomic E-state index is 3.82. The van der Waals surface area contributed by atoms with E-state index in [1.165, 1.54) is 29.8 Å². The van der Waals surface area contributed by atoms with Crippen LogP contribution >= 0.6 is 54.5 Å². The molecule has 132 valence electrons. The van der Waals surface area contributed by atoms with Crippen molar-refractivity contribution in [1.82, 2.24) is 0 Å². The predicted octanol–water partition coefficient (Wildman–Crippen LogP) is 8.44. The molecule has 0 amide bonds. The first kappa shape index (κ1) is 18.4. The van der Waals surface area contributed by atoms with Crippen LogP contribution in [0.4, 0.5) is 0 Å². The standard InChI is InChI=1S/C20H22Br2S2Si/c1-9-7-13-15(21)11(3)23-17(13)19(9)25(5,6)20-10(2)8-14-16(22)12(4)24-18(14)20/h7-8,19-20H,1-6H3. The van der Waals surface area contributed by atoms with Gasteiger partial charge in [0.15, 0.2) is 0 Å². The van der Waals surface area contributed by atoms with E-state index in [-0.39, 0.29) is 0 Å². The lowest BCUT2D eigenvalue weighted by atomic mass is 10.2. The van der Waals surface area contributed by atoms with Gasteiger partial charge in [-0.2, -0.15) is 0 Å². The summed E-state index contributed by atoms with van der Waals surface area (Å²) in [5.41, 5.74) is 7.28. The Balaban J connectivity index is 1.85. The summed E-state index contributed by atoms with van der Waals surface area (Å²) in [5, 5.41) is 0. The minimum absolute atomic E-state index is 0.623. The maximum atomic E-state index is 3.82. The fraction of sp³-hybridized carbons (Fsp3) is 0.400. The van der Waals surface area contributed by atoms with E-state index in [1.54, 1.807) is 20.9 Å². The minimum atomic E-state index is -1.64. The third-order valence-electron chi connectivity index (χ3n) is 5.82. The molecule has 0 spiro atoms. The second kappa shape index (κ2) is 6.03. The van der Waals surface area contributed by atoms with E-state index in [1.807, 2.05) is 22.7 Å². The van der Waals surface area contributed by atoms with Crippen molar-refractivity contribution in [2.45, 2.75) is 51.9 Å². The van der Waals surface area contributed by atoms with Crippen LogP contribution in [0.3, 0.4) is 0 Å². The second-order valence-electron chi connectivity index (χ2n) is 7.96. The molecule has 0 N–H and O–H groups in total. The third-order valence-corrected chi connectivity index (χ3v) is 15.6. The molecule has 0 saturated carbocycles. The van der Waals surface area contributed by atoms with E-state index in [2.05, 4.69) is 84.8 Å². The van der Waals surface area contributed by atoms with Crippen molar-refractivity contribution in [3.05, 3.63) is 50.7 Å². The number of hydrogen-bond donors (Lipinski definition) is 0. The number of allylic oxidation sites excluding steroid dienone is 2. The fourth-order valence-electron chi connectivity index (χ4n) is 4.87. The highest BCUT2D eigenvalue weighted by molar-refractivity contribution is 9.11. The molecular weight excluding hydrogens is 492 g/mol. The Morgan fingerprint density at radius 3 is 1.48 bits per heavy atom. The lowest BCUT2D eigenvalue weighted by Crippen LogP contribution is -2.41. The van der Waals surface area contributed by atoms with Gasteiger partial charge < -0.3 is 0 Å². The van der Waals surface area contributed by atoms with Crippen LogP contribution in [0.1, 0.15) is 55.6 Å². The van der Waals surface area contributed by atoms with Crippen LogP contribution in [0.5, 0.6) is 0 Å². The van der Waals surface area contributed by atoms with Gasteiger partial charge in [-0.3, -0.25) is 0 Å². The Morgan fingerprint density at radius 1 is 0.760 bits per heavy atom. The summed E-state index contributed by atoms with van der Waals surface area (Å²) >= 11 is 11.7. The van der Waals surface area contributed by atoms with E-state index in [0.29, 0.717) is 11.1 Å². The summed E-state index contributed by atoms with van der Waals surface area (Å²) in [6, 6.07) is 0. The molecule has 2 aromatic rings. The number of hydrogen-bond acceptors (Lipinski definition) is 2. The number of halogens is 2. The van der Waals surface area contributed by atoms with Crippen molar-refractivity contribution in [2.75, 3.05) is 0 Å². The lowest BCUT2D eigenvalue weighted by Gasteiger charge is -2.37. The molecule has 25 heavy (non-hydrogen) atoms. The molecule has 2 atom stereocenters. The summed E-state index contributed by atoms with van der Waals surface area (Å²) in [7, 11) is -1.64. The van der Waals surface area contributed by atoms with E-state index in [4.69, 9.17) is 0 Å². The fourth-order valence-corrected chi connectivity index (χ4v) is 15.2. The molecule has 2 heterocycles. The molecule has 0 aromatic carbocycles. The van der Waals surface area contributed by atoms with E-state index >= 15 is 0 Å². The first-order valence-electron chi connectivity index (χ1n) is 8.58. The van der Waals surface area contributed by atoms with E-state index in [9.17, 15) is 0 Å². The molecule has 0 nitrogen and oxygen atoms in total. The van der Waals surface area contributed by atoms with Gasteiger partial charge >= 0.3 is 0 Å². The van der Waals surface area contributed by atoms with Crippen molar-refractivity contribution < 1.29 is 0 Å². The van der Waals surface area contributed by atoms with Crippen molar-refractivity contribution in [3.8, 4) is 0 Å². The molecule has 0 saturated heterocycles. The van der Waals surface area contributed by atoms with Gasteiger partial charge in [0.1, 0.15) is 0 Å². The highest BCUT2D eigenvalue weighted by atomic mass is 79.9. The highest BCUT2D eigenvalue weighted by Gasteiger charge is 2.48. The van der Waals surface area contributed by atoms with E-state index < -0.39 is 8.07 Å². The monoisotopic (exact) mass is 512 g/mol. The van der Waals surface area contributed by atoms with Crippen LogP contribution in [-0.2, 0) is 0 Å². The first-order chi connectivity index (χ1) is 11.6. The van der Waals surface area contributed by atoms with Crippen molar-refractivity contribution in [3.63, 3.8) is 0 Å². The molecule has 0 fully saturated rings. The maximum Gasteiger partial charge on any atom is 0.0743 e. The number of rotatable bonds is 2. The van der Waals surface area contributed by atoms with E-state index in [0.717, 1.165) is 0 Å². The van der Waals surface area contributed by atoms with Gasteiger partial charge in [0, 0.05) is 50.7 Å². The first-order valence-corrected chi connectivity index (χ1v) is 15.0. The van der Waals surface area contributed by atoms with Crippen LogP contribution in [0.25, 0.3) is 12.2 Å². The summed E-state index contributed by atoms with van der Waals surface area (Å²) in [4.78, 5) is 6.04. The quantitative estimate of drug-likeness (QED) is 0.353. The molecule has 2 aliphatic carbocycles. The Kier molecular flexibility index (Phi) is 4.44. The zero-order valence-corrected chi connectivity index (χ0v) is 21.2. The second-order valence-corrected chi connectivity index (χ2v) is 16.9. The van der Waals surface area contributed by atoms with Crippen LogP contribution in [0.2, 0.25) is 13.1 Å².